The van der Waals surface area contributed by atoms with Gasteiger partial charge in [-0.25, -0.2) is 4.79 Å². The number of allylic oxidation sites excluding steroid dienone is 2. The summed E-state index contributed by atoms with van der Waals surface area (Å²) >= 11 is 0. The summed E-state index contributed by atoms with van der Waals surface area (Å²) in [5.74, 6) is 1.03. The zero-order chi connectivity index (χ0) is 21.4. The molecular formula is C23H30O6. The molecule has 0 saturated carbocycles. The van der Waals surface area contributed by atoms with Gasteiger partial charge in [0, 0.05) is 5.56 Å². The molecule has 0 amide bonds. The Morgan fingerprint density at radius 2 is 1.86 bits per heavy atom. The van der Waals surface area contributed by atoms with Crippen molar-refractivity contribution in [2.75, 3.05) is 7.11 Å². The molecule has 3 aliphatic heterocycles. The molecule has 29 heavy (non-hydrogen) atoms. The lowest BCUT2D eigenvalue weighted by Crippen LogP contribution is -2.30. The molecule has 3 fully saturated rings. The van der Waals surface area contributed by atoms with Gasteiger partial charge in [0.25, 0.3) is 0 Å². The molecule has 6 atom stereocenters. The lowest BCUT2D eigenvalue weighted by atomic mass is 9.92. The smallest absolute Gasteiger partial charge is 0.339 e. The Balaban J connectivity index is 1.56. The fourth-order valence-corrected chi connectivity index (χ4v) is 4.94. The van der Waals surface area contributed by atoms with E-state index < -0.39 is 16.8 Å². The molecule has 4 rings (SSSR count). The van der Waals surface area contributed by atoms with Gasteiger partial charge in [-0.05, 0) is 60.1 Å². The van der Waals surface area contributed by atoms with Crippen molar-refractivity contribution in [2.45, 2.75) is 83.6 Å². The van der Waals surface area contributed by atoms with E-state index in [1.807, 2.05) is 20.8 Å². The molecule has 0 aromatic carbocycles. The van der Waals surface area contributed by atoms with Gasteiger partial charge in [-0.1, -0.05) is 11.6 Å². The van der Waals surface area contributed by atoms with Gasteiger partial charge in [0.15, 0.2) is 5.60 Å². The van der Waals surface area contributed by atoms with Gasteiger partial charge < -0.3 is 23.4 Å². The number of ether oxygens (including phenoxy) is 4. The minimum atomic E-state index is -0.681. The van der Waals surface area contributed by atoms with Crippen LogP contribution in [0.1, 0.15) is 52.9 Å². The van der Waals surface area contributed by atoms with E-state index in [1.54, 1.807) is 7.11 Å². The maximum Gasteiger partial charge on any atom is 0.339 e. The van der Waals surface area contributed by atoms with Crippen molar-refractivity contribution >= 4 is 0 Å². The number of hydrogen-bond acceptors (Lipinski definition) is 6. The Kier molecular flexibility index (Phi) is 4.43. The van der Waals surface area contributed by atoms with E-state index in [1.165, 1.54) is 6.07 Å². The van der Waals surface area contributed by atoms with E-state index in [-0.39, 0.29) is 23.9 Å². The van der Waals surface area contributed by atoms with E-state index in [0.29, 0.717) is 11.5 Å². The Morgan fingerprint density at radius 3 is 2.41 bits per heavy atom. The van der Waals surface area contributed by atoms with Gasteiger partial charge in [0.05, 0.1) is 19.3 Å². The molecule has 6 nitrogen and oxygen atoms in total. The third kappa shape index (κ3) is 3.09. The van der Waals surface area contributed by atoms with Crippen molar-refractivity contribution in [1.82, 2.24) is 0 Å². The van der Waals surface area contributed by atoms with E-state index in [4.69, 9.17) is 23.4 Å². The fraction of sp³-hybridized carbons (Fsp3) is 0.609. The predicted octanol–water partition coefficient (Wildman–Crippen LogP) is 3.80. The van der Waals surface area contributed by atoms with Crippen molar-refractivity contribution in [3.63, 3.8) is 0 Å². The van der Waals surface area contributed by atoms with E-state index in [0.717, 1.165) is 16.7 Å². The average Bonchev–Trinajstić information content (AvgIpc) is 3.50. The van der Waals surface area contributed by atoms with Crippen LogP contribution in [0.4, 0.5) is 0 Å². The van der Waals surface area contributed by atoms with Crippen molar-refractivity contribution in [3.05, 3.63) is 51.1 Å². The molecule has 1 aromatic heterocycles. The van der Waals surface area contributed by atoms with Crippen LogP contribution in [0.2, 0.25) is 0 Å². The quantitative estimate of drug-likeness (QED) is 0.551. The number of epoxide rings is 2. The van der Waals surface area contributed by atoms with E-state index in [9.17, 15) is 4.79 Å². The second-order valence-corrected chi connectivity index (χ2v) is 9.10. The Bertz CT molecular complexity index is 974. The molecule has 0 spiro atoms. The zero-order valence-electron chi connectivity index (χ0n) is 18.4. The lowest BCUT2D eigenvalue weighted by Gasteiger charge is -2.24. The highest BCUT2D eigenvalue weighted by Gasteiger charge is 2.71. The third-order valence-corrected chi connectivity index (χ3v) is 6.62. The SMILES string of the molecule is COc1cc(=O)oc(C2(C)OC2C(C)=CC(C)=CC2(C)OC(C)C3(C)OC23)c1C. The third-order valence-electron chi connectivity index (χ3n) is 6.62. The molecule has 0 N–H and O–H groups in total. The van der Waals surface area contributed by atoms with Crippen molar-refractivity contribution in [2.24, 2.45) is 0 Å². The summed E-state index contributed by atoms with van der Waals surface area (Å²) in [6.45, 7) is 14.1. The maximum atomic E-state index is 11.9. The second-order valence-electron chi connectivity index (χ2n) is 9.10. The molecule has 6 heteroatoms. The van der Waals surface area contributed by atoms with Gasteiger partial charge in [0.1, 0.15) is 34.9 Å². The standard InChI is InChI=1S/C23H30O6/c1-12(11-21(5)20-22(6,29-20)15(4)27-21)9-13(2)18-23(7,28-18)19-14(3)16(25-8)10-17(24)26-19/h9-11,15,18,20H,1-8H3. The summed E-state index contributed by atoms with van der Waals surface area (Å²) in [5, 5.41) is 0. The maximum absolute atomic E-state index is 11.9. The first-order valence-electron chi connectivity index (χ1n) is 10.0. The molecule has 4 heterocycles. The van der Waals surface area contributed by atoms with Crippen LogP contribution in [0.15, 0.2) is 38.6 Å². The molecule has 0 bridgehead atoms. The average molecular weight is 402 g/mol. The predicted molar refractivity (Wildman–Crippen MR) is 108 cm³/mol. The molecule has 158 valence electrons. The number of rotatable bonds is 5. The van der Waals surface area contributed by atoms with Gasteiger partial charge in [0.2, 0.25) is 0 Å². The highest BCUT2D eigenvalue weighted by Crippen LogP contribution is 2.56. The minimum absolute atomic E-state index is 0.0700. The first kappa shape index (κ1) is 20.4. The minimum Gasteiger partial charge on any atom is -0.496 e. The molecule has 0 radical (unpaired) electrons. The van der Waals surface area contributed by atoms with Gasteiger partial charge in [-0.2, -0.15) is 0 Å². The number of methoxy groups -OCH3 is 1. The van der Waals surface area contributed by atoms with Gasteiger partial charge in [-0.15, -0.1) is 0 Å². The van der Waals surface area contributed by atoms with Crippen LogP contribution in [-0.2, 0) is 19.8 Å². The molecule has 3 saturated heterocycles. The zero-order valence-corrected chi connectivity index (χ0v) is 18.4. The molecule has 0 aliphatic carbocycles. The summed E-state index contributed by atoms with van der Waals surface area (Å²) in [7, 11) is 1.54. The topological polar surface area (TPSA) is 73.7 Å². The molecule has 1 aromatic rings. The Hall–Kier alpha value is -1.89. The van der Waals surface area contributed by atoms with Crippen LogP contribution in [-0.4, -0.2) is 36.6 Å². The van der Waals surface area contributed by atoms with Crippen molar-refractivity contribution < 1.29 is 23.4 Å². The van der Waals surface area contributed by atoms with Crippen molar-refractivity contribution in [1.29, 1.82) is 0 Å². The molecule has 6 unspecified atom stereocenters. The first-order valence-corrected chi connectivity index (χ1v) is 10.0. The first-order chi connectivity index (χ1) is 13.4. The summed E-state index contributed by atoms with van der Waals surface area (Å²) < 4.78 is 28.9. The van der Waals surface area contributed by atoms with Gasteiger partial charge in [-0.3, -0.25) is 0 Å². The Morgan fingerprint density at radius 1 is 1.17 bits per heavy atom. The highest BCUT2D eigenvalue weighted by atomic mass is 16.7. The summed E-state index contributed by atoms with van der Waals surface area (Å²) in [6.07, 6.45) is 4.22. The van der Waals surface area contributed by atoms with Gasteiger partial charge >= 0.3 is 5.63 Å². The van der Waals surface area contributed by atoms with E-state index >= 15 is 0 Å². The number of hydrogen-bond donors (Lipinski definition) is 0. The van der Waals surface area contributed by atoms with Crippen LogP contribution in [0.25, 0.3) is 0 Å². The second kappa shape index (κ2) is 6.30. The van der Waals surface area contributed by atoms with Crippen LogP contribution < -0.4 is 10.4 Å². The molecule has 3 aliphatic rings. The normalized spacial score (nSPS) is 41.3. The van der Waals surface area contributed by atoms with Crippen LogP contribution in [0, 0.1) is 6.92 Å². The number of fused-ring (bicyclic) bond motifs is 1. The summed E-state index contributed by atoms with van der Waals surface area (Å²) in [6, 6.07) is 1.35. The summed E-state index contributed by atoms with van der Waals surface area (Å²) in [4.78, 5) is 11.9. The Labute approximate surface area is 171 Å². The highest BCUT2D eigenvalue weighted by molar-refractivity contribution is 5.41. The molecular weight excluding hydrogens is 372 g/mol. The van der Waals surface area contributed by atoms with Crippen molar-refractivity contribution in [3.8, 4) is 5.75 Å². The largest absolute Gasteiger partial charge is 0.496 e. The fourth-order valence-electron chi connectivity index (χ4n) is 4.94. The van der Waals surface area contributed by atoms with E-state index in [2.05, 4.69) is 39.8 Å². The van der Waals surface area contributed by atoms with Crippen LogP contribution >= 0.6 is 0 Å². The van der Waals surface area contributed by atoms with Crippen LogP contribution in [0.5, 0.6) is 5.75 Å². The van der Waals surface area contributed by atoms with Crippen LogP contribution in [0.3, 0.4) is 0 Å². The summed E-state index contributed by atoms with van der Waals surface area (Å²) in [5.41, 5.74) is 1.19. The lowest BCUT2D eigenvalue weighted by molar-refractivity contribution is -0.0719. The monoisotopic (exact) mass is 402 g/mol.